The number of ether oxygens (including phenoxy) is 8. The van der Waals surface area contributed by atoms with Crippen LogP contribution >= 0.6 is 0 Å². The molecule has 0 spiro atoms. The molecule has 0 atom stereocenters. The molecule has 7 rings (SSSR count). The fraction of sp³-hybridized carbons (Fsp3) is 0.433. The van der Waals surface area contributed by atoms with Crippen molar-refractivity contribution in [2.45, 2.75) is 126 Å². The summed E-state index contributed by atoms with van der Waals surface area (Å²) in [7, 11) is 0. The summed E-state index contributed by atoms with van der Waals surface area (Å²) in [6.45, 7) is 5.61. The molecule has 0 saturated heterocycles. The smallest absolute Gasteiger partial charge is 0.339 e. The van der Waals surface area contributed by atoms with E-state index >= 15 is 0 Å². The van der Waals surface area contributed by atoms with E-state index in [-0.39, 0.29) is 58.6 Å². The molecule has 0 heterocycles. The normalized spacial score (nSPS) is 25.0. The summed E-state index contributed by atoms with van der Waals surface area (Å²) in [6.07, 6.45) is 21.9. The van der Waals surface area contributed by atoms with E-state index in [0.717, 1.165) is 23.3 Å². The molecule has 0 amide bonds. The zero-order valence-corrected chi connectivity index (χ0v) is 42.4. The molecule has 16 heteroatoms. The molecule has 0 radical (unpaired) electrons. The van der Waals surface area contributed by atoms with E-state index in [1.165, 1.54) is 24.3 Å². The predicted molar refractivity (Wildman–Crippen MR) is 272 cm³/mol. The van der Waals surface area contributed by atoms with E-state index in [4.69, 9.17) is 50.7 Å². The van der Waals surface area contributed by atoms with Crippen LogP contribution in [0.4, 0.5) is 0 Å². The third-order valence-electron chi connectivity index (χ3n) is 15.1. The molecule has 16 nitrogen and oxygen atoms in total. The number of carbonyl (C=O) groups excluding carboxylic acids is 8. The Bertz CT molecular complexity index is 2510. The summed E-state index contributed by atoms with van der Waals surface area (Å²) in [5.74, 6) is 0.766. The van der Waals surface area contributed by atoms with Crippen LogP contribution in [-0.2, 0) is 57.2 Å². The molecule has 0 unspecified atom stereocenters. The van der Waals surface area contributed by atoms with Crippen LogP contribution in [0.15, 0.2) is 98.1 Å². The summed E-state index contributed by atoms with van der Waals surface area (Å²) in [5, 5.41) is 0. The van der Waals surface area contributed by atoms with Crippen molar-refractivity contribution in [3.05, 3.63) is 120 Å². The van der Waals surface area contributed by atoms with Gasteiger partial charge in [-0.05, 0) is 174 Å². The van der Waals surface area contributed by atoms with Gasteiger partial charge in [-0.1, -0.05) is 49.3 Å². The SMILES string of the molecule is C#CC1(OC(=O)c2ccc(C(=O)OC3(C#C)CCC(c4ccc(OC(=O)C5CCC(C(=O)OCOC(=O)C=C)CC5)cc4)CC3)cc2)CCC(c2ccc(OC(=O)C3CCC(C(=O)OCOC(=O)C=C)CC3)cc2)CC1. The van der Waals surface area contributed by atoms with Crippen molar-refractivity contribution in [1.82, 2.24) is 0 Å². The van der Waals surface area contributed by atoms with Gasteiger partial charge in [-0.3, -0.25) is 19.2 Å². The Morgan fingerprint density at radius 2 is 0.750 bits per heavy atom. The number of benzene rings is 3. The predicted octanol–water partition coefficient (Wildman–Crippen LogP) is 9.34. The Labute approximate surface area is 442 Å². The van der Waals surface area contributed by atoms with Gasteiger partial charge >= 0.3 is 47.8 Å². The standard InChI is InChI=1S/C60H62O16/c1-5-51(61)69-37-71-53(63)43-9-13-45(14-10-43)55(65)73-49-25-21-39(22-26-49)41-29-33-59(7-3,34-30-41)75-57(67)47-17-19-48(20-18-47)58(68)76-60(8-4)35-31-42(32-36-60)40-23-27-50(28-24-40)74-56(66)46-15-11-44(12-16-46)54(64)72-38-70-52(62)6-2/h3-6,17-28,41-46H,1-2,9-16,29-38H2. The average molecular weight is 1040 g/mol. The second kappa shape index (κ2) is 26.0. The van der Waals surface area contributed by atoms with Crippen molar-refractivity contribution in [3.8, 4) is 36.2 Å². The van der Waals surface area contributed by atoms with Gasteiger partial charge in [0, 0.05) is 12.2 Å². The molecule has 0 bridgehead atoms. The van der Waals surface area contributed by atoms with Crippen LogP contribution in [0.3, 0.4) is 0 Å². The molecule has 4 fully saturated rings. The highest BCUT2D eigenvalue weighted by Gasteiger charge is 2.40. The molecular weight excluding hydrogens is 977 g/mol. The third kappa shape index (κ3) is 14.7. The first kappa shape index (κ1) is 55.8. The molecule has 0 N–H and O–H groups in total. The average Bonchev–Trinajstić information content (AvgIpc) is 3.45. The van der Waals surface area contributed by atoms with Gasteiger partial charge in [0.2, 0.25) is 13.6 Å². The summed E-state index contributed by atoms with van der Waals surface area (Å²) < 4.78 is 42.8. The van der Waals surface area contributed by atoms with Crippen molar-refractivity contribution in [2.75, 3.05) is 13.6 Å². The van der Waals surface area contributed by atoms with Crippen molar-refractivity contribution < 1.29 is 76.3 Å². The summed E-state index contributed by atoms with van der Waals surface area (Å²) >= 11 is 0. The highest BCUT2D eigenvalue weighted by atomic mass is 16.7. The lowest BCUT2D eigenvalue weighted by Crippen LogP contribution is -2.37. The zero-order valence-electron chi connectivity index (χ0n) is 42.4. The van der Waals surface area contributed by atoms with Crippen LogP contribution in [0, 0.1) is 48.4 Å². The topological polar surface area (TPSA) is 210 Å². The minimum atomic E-state index is -1.11. The van der Waals surface area contributed by atoms with Crippen molar-refractivity contribution in [3.63, 3.8) is 0 Å². The van der Waals surface area contributed by atoms with Crippen molar-refractivity contribution in [1.29, 1.82) is 0 Å². The van der Waals surface area contributed by atoms with E-state index in [1.807, 2.05) is 24.3 Å². The quantitative estimate of drug-likeness (QED) is 0.0290. The Hall–Kier alpha value is -7.98. The molecule has 4 saturated carbocycles. The highest BCUT2D eigenvalue weighted by Crippen LogP contribution is 2.43. The fourth-order valence-electron chi connectivity index (χ4n) is 10.4. The second-order valence-electron chi connectivity index (χ2n) is 19.8. The Morgan fingerprint density at radius 1 is 0.447 bits per heavy atom. The molecular formula is C60H62O16. The fourth-order valence-corrected chi connectivity index (χ4v) is 10.4. The molecule has 4 aliphatic carbocycles. The van der Waals surface area contributed by atoms with E-state index in [0.29, 0.717) is 114 Å². The van der Waals surface area contributed by atoms with Crippen molar-refractivity contribution in [2.24, 2.45) is 23.7 Å². The number of esters is 8. The van der Waals surface area contributed by atoms with Gasteiger partial charge in [0.05, 0.1) is 34.8 Å². The largest absolute Gasteiger partial charge is 0.442 e. The van der Waals surface area contributed by atoms with Gasteiger partial charge in [0.25, 0.3) is 0 Å². The molecule has 76 heavy (non-hydrogen) atoms. The molecule has 3 aromatic rings. The lowest BCUT2D eigenvalue weighted by atomic mass is 9.76. The van der Waals surface area contributed by atoms with Crippen LogP contribution < -0.4 is 9.47 Å². The van der Waals surface area contributed by atoms with Crippen LogP contribution in [0.25, 0.3) is 0 Å². The summed E-state index contributed by atoms with van der Waals surface area (Å²) in [6, 6.07) is 20.7. The number of rotatable bonds is 18. The van der Waals surface area contributed by atoms with Gasteiger partial charge in [0.15, 0.2) is 11.2 Å². The van der Waals surface area contributed by atoms with E-state index in [9.17, 15) is 38.4 Å². The van der Waals surface area contributed by atoms with Crippen molar-refractivity contribution >= 4 is 47.8 Å². The maximum absolute atomic E-state index is 13.4. The minimum Gasteiger partial charge on any atom is -0.442 e. The second-order valence-corrected chi connectivity index (χ2v) is 19.8. The first-order chi connectivity index (χ1) is 36.6. The first-order valence-corrected chi connectivity index (χ1v) is 25.7. The van der Waals surface area contributed by atoms with Gasteiger partial charge in [0.1, 0.15) is 11.5 Å². The lowest BCUT2D eigenvalue weighted by molar-refractivity contribution is -0.170. The van der Waals surface area contributed by atoms with Gasteiger partial charge < -0.3 is 37.9 Å². The molecule has 0 aliphatic heterocycles. The van der Waals surface area contributed by atoms with Crippen LogP contribution in [0.5, 0.6) is 11.5 Å². The lowest BCUT2D eigenvalue weighted by Gasteiger charge is -2.36. The number of carbonyl (C=O) groups is 8. The first-order valence-electron chi connectivity index (χ1n) is 25.7. The molecule has 398 valence electrons. The summed E-state index contributed by atoms with van der Waals surface area (Å²) in [4.78, 5) is 99.8. The molecule has 0 aromatic heterocycles. The van der Waals surface area contributed by atoms with Crippen LogP contribution in [0.1, 0.15) is 146 Å². The Morgan fingerprint density at radius 3 is 1.04 bits per heavy atom. The Balaban J connectivity index is 0.808. The van der Waals surface area contributed by atoms with Crippen LogP contribution in [-0.4, -0.2) is 72.5 Å². The Kier molecular flexibility index (Phi) is 19.1. The van der Waals surface area contributed by atoms with Gasteiger partial charge in [-0.15, -0.1) is 12.8 Å². The number of hydrogen-bond acceptors (Lipinski definition) is 16. The highest BCUT2D eigenvalue weighted by molar-refractivity contribution is 5.94. The summed E-state index contributed by atoms with van der Waals surface area (Å²) in [5.41, 5.74) is 0.288. The van der Waals surface area contributed by atoms with E-state index in [1.54, 1.807) is 24.3 Å². The molecule has 4 aliphatic rings. The minimum absolute atomic E-state index is 0.134. The van der Waals surface area contributed by atoms with Gasteiger partial charge in [-0.2, -0.15) is 0 Å². The number of hydrogen-bond donors (Lipinski definition) is 0. The van der Waals surface area contributed by atoms with Crippen LogP contribution in [0.2, 0.25) is 0 Å². The number of terminal acetylenes is 2. The monoisotopic (exact) mass is 1040 g/mol. The van der Waals surface area contributed by atoms with E-state index in [2.05, 4.69) is 25.0 Å². The van der Waals surface area contributed by atoms with E-state index < -0.39 is 60.6 Å². The maximum atomic E-state index is 13.4. The molecule has 3 aromatic carbocycles. The zero-order chi connectivity index (χ0) is 54.2. The van der Waals surface area contributed by atoms with Gasteiger partial charge in [-0.25, -0.2) is 19.2 Å². The maximum Gasteiger partial charge on any atom is 0.339 e. The third-order valence-corrected chi connectivity index (χ3v) is 15.1.